The van der Waals surface area contributed by atoms with Gasteiger partial charge < -0.3 is 18.9 Å². The van der Waals surface area contributed by atoms with Gasteiger partial charge in [-0.2, -0.15) is 0 Å². The first kappa shape index (κ1) is 108. The van der Waals surface area contributed by atoms with Gasteiger partial charge >= 0.3 is 0 Å². The van der Waals surface area contributed by atoms with E-state index in [1.54, 1.807) is 0 Å². The van der Waals surface area contributed by atoms with Crippen LogP contribution in [0.15, 0.2) is 170 Å². The second kappa shape index (κ2) is 74.4. The van der Waals surface area contributed by atoms with E-state index in [0.29, 0.717) is 26.4 Å². The van der Waals surface area contributed by atoms with Crippen LogP contribution in [0.3, 0.4) is 0 Å². The molecule has 0 aliphatic carbocycles. The van der Waals surface area contributed by atoms with Gasteiger partial charge in [0.1, 0.15) is 23.0 Å². The Balaban J connectivity index is 0.964. The summed E-state index contributed by atoms with van der Waals surface area (Å²) in [6.45, 7) is 11.6. The number of ether oxygens (including phenoxy) is 4. The smallest absolute Gasteiger partial charge is 0.136 e. The largest absolute Gasteiger partial charge is 0.492 e. The molecular formula is C126H176N2O4. The third kappa shape index (κ3) is 49.9. The average molecular weight is 1780 g/mol. The van der Waals surface area contributed by atoms with Crippen LogP contribution in [0, 0.1) is 47.4 Å². The lowest BCUT2D eigenvalue weighted by Gasteiger charge is -2.14. The Hall–Kier alpha value is -8.94. The molecule has 0 atom stereocenters. The van der Waals surface area contributed by atoms with Crippen molar-refractivity contribution >= 4 is 0 Å². The Kier molecular flexibility index (Phi) is 61.1. The molecule has 0 saturated carbocycles. The van der Waals surface area contributed by atoms with Crippen molar-refractivity contribution in [1.82, 2.24) is 9.97 Å². The molecule has 2 heterocycles. The maximum absolute atomic E-state index is 6.80. The molecule has 0 saturated heterocycles. The van der Waals surface area contributed by atoms with Gasteiger partial charge in [0.15, 0.2) is 0 Å². The highest BCUT2D eigenvalue weighted by molar-refractivity contribution is 5.68. The molecule has 6 aromatic carbocycles. The molecule has 714 valence electrons. The Morgan fingerprint density at radius 2 is 0.348 bits per heavy atom. The lowest BCUT2D eigenvalue weighted by Crippen LogP contribution is -2.03. The highest BCUT2D eigenvalue weighted by Crippen LogP contribution is 2.34. The van der Waals surface area contributed by atoms with Gasteiger partial charge in [-0.25, -0.2) is 0 Å². The van der Waals surface area contributed by atoms with E-state index < -0.39 is 0 Å². The van der Waals surface area contributed by atoms with Crippen LogP contribution in [0.1, 0.15) is 483 Å². The van der Waals surface area contributed by atoms with E-state index in [-0.39, 0.29) is 0 Å². The van der Waals surface area contributed by atoms with Crippen LogP contribution in [0.4, 0.5) is 0 Å². The minimum atomic E-state index is 0.605. The summed E-state index contributed by atoms with van der Waals surface area (Å²) in [7, 11) is 0. The van der Waals surface area contributed by atoms with Crippen molar-refractivity contribution in [3.05, 3.63) is 215 Å². The number of hydrogen-bond donors (Lipinski definition) is 0. The van der Waals surface area contributed by atoms with Crippen LogP contribution in [0.2, 0.25) is 0 Å². The number of hydrogen-bond acceptors (Lipinski definition) is 6. The zero-order chi connectivity index (χ0) is 92.2. The molecule has 0 amide bonds. The van der Waals surface area contributed by atoms with Gasteiger partial charge in [0.2, 0.25) is 0 Å². The molecule has 8 aromatic rings. The van der Waals surface area contributed by atoms with E-state index in [2.05, 4.69) is 209 Å². The quantitative estimate of drug-likeness (QED) is 0.0280. The van der Waals surface area contributed by atoms with Gasteiger partial charge in [-0.15, -0.1) is 0 Å². The third-order valence-corrected chi connectivity index (χ3v) is 26.3. The molecule has 0 radical (unpaired) electrons. The molecule has 2 aromatic heterocycles. The van der Waals surface area contributed by atoms with Crippen LogP contribution in [0.5, 0.6) is 23.0 Å². The van der Waals surface area contributed by atoms with Gasteiger partial charge in [0.05, 0.1) is 60.1 Å². The monoisotopic (exact) mass is 1780 g/mol. The minimum absolute atomic E-state index is 0.605. The molecule has 8 rings (SSSR count). The maximum Gasteiger partial charge on any atom is 0.136 e. The van der Waals surface area contributed by atoms with Crippen LogP contribution in [0.25, 0.3) is 33.6 Å². The summed E-state index contributed by atoms with van der Waals surface area (Å²) in [4.78, 5) is 9.94. The number of aromatic nitrogens is 2. The maximum atomic E-state index is 6.80. The lowest BCUT2D eigenvalue weighted by atomic mass is 10.0. The molecule has 0 N–H and O–H groups in total. The Bertz CT molecular complexity index is 4170. The van der Waals surface area contributed by atoms with Crippen molar-refractivity contribution in [2.75, 3.05) is 26.4 Å². The Morgan fingerprint density at radius 3 is 0.538 bits per heavy atom. The van der Waals surface area contributed by atoms with Crippen molar-refractivity contribution in [2.24, 2.45) is 0 Å². The predicted molar refractivity (Wildman–Crippen MR) is 568 cm³/mol. The Morgan fingerprint density at radius 1 is 0.174 bits per heavy atom. The van der Waals surface area contributed by atoms with Crippen molar-refractivity contribution in [1.29, 1.82) is 0 Å². The summed E-state index contributed by atoms with van der Waals surface area (Å²) in [6.07, 6.45) is 88.6. The minimum Gasteiger partial charge on any atom is -0.492 e. The first-order valence-corrected chi connectivity index (χ1v) is 54.7. The number of nitrogens with zero attached hydrogens (tertiary/aromatic N) is 2. The van der Waals surface area contributed by atoms with Gasteiger partial charge in [0.25, 0.3) is 0 Å². The first-order valence-electron chi connectivity index (χ1n) is 54.7. The zero-order valence-electron chi connectivity index (χ0n) is 83.8. The SMILES string of the molecule is CCCCCCCCCCCCCCCCCCOc1cc(C#Cc2ccc(-c3ccc(C#Cc4cc(OCCCCCCCCCCCCCCCCCC)c(C#Cc5ccc(-c6ccccc6)cc5)cc4OCCCCCCCCCCCCCCCCCC)cn3)nc2)c(OCCCCCCCCCCCCCCCCCC)cc1C#Cc1ccc(-c2ccccc2)cc1. The standard InChI is InChI=1S/C126H176N2O4/c1-5-9-13-17-21-25-29-33-37-41-45-49-53-57-61-71-99-129-123-105-119(125(103-117(123)93-83-109-79-89-115(90-80-109)113-75-67-65-68-76-113)131-101-73-63-59-55-51-47-43-39-35-31-27-23-19-15-11-7-3)95-85-111-87-97-121(127-107-111)122-98-88-112(108-128-122)86-96-120-106-124(130-100-72-62-58-54-50-46-42-38-34-30-26-22-18-14-10-6-2)118(94-84-110-81-91-116(92-82-110)114-77-69-66-70-78-114)104-126(120)132-102-74-64-60-56-52-48-44-40-36-32-28-24-20-16-12-8-4/h65-70,75-82,87-92,97-98,103-108H,5-64,71-74,99-102H2,1-4H3. The number of pyridine rings is 2. The van der Waals surface area contributed by atoms with E-state index in [9.17, 15) is 0 Å². The average Bonchev–Trinajstić information content (AvgIpc) is 0.821. The molecule has 0 aliphatic heterocycles. The second-order valence-electron chi connectivity index (χ2n) is 38.0. The molecule has 132 heavy (non-hydrogen) atoms. The van der Waals surface area contributed by atoms with Crippen LogP contribution < -0.4 is 18.9 Å². The summed E-state index contributed by atoms with van der Waals surface area (Å²) < 4.78 is 27.2. The van der Waals surface area contributed by atoms with Crippen molar-refractivity contribution in [3.63, 3.8) is 0 Å². The lowest BCUT2D eigenvalue weighted by molar-refractivity contribution is 0.295. The fourth-order valence-electron chi connectivity index (χ4n) is 17.9. The third-order valence-electron chi connectivity index (χ3n) is 26.3. The van der Waals surface area contributed by atoms with E-state index in [1.165, 1.54) is 382 Å². The highest BCUT2D eigenvalue weighted by atomic mass is 16.5. The van der Waals surface area contributed by atoms with Crippen molar-refractivity contribution in [2.45, 2.75) is 439 Å². The number of rotatable bonds is 75. The molecular weight excluding hydrogens is 1610 g/mol. The van der Waals surface area contributed by atoms with Crippen LogP contribution in [-0.4, -0.2) is 36.4 Å². The summed E-state index contributed by atoms with van der Waals surface area (Å²) in [6, 6.07) is 54.6. The van der Waals surface area contributed by atoms with Gasteiger partial charge in [-0.05, 0) is 96.5 Å². The van der Waals surface area contributed by atoms with Crippen molar-refractivity contribution < 1.29 is 18.9 Å². The van der Waals surface area contributed by atoms with E-state index in [1.807, 2.05) is 36.7 Å². The summed E-state index contributed by atoms with van der Waals surface area (Å²) in [5, 5.41) is 0. The number of unbranched alkanes of at least 4 members (excludes halogenated alkanes) is 60. The normalized spacial score (nSPS) is 11.0. The number of benzene rings is 6. The molecule has 0 bridgehead atoms. The molecule has 0 fully saturated rings. The fourth-order valence-corrected chi connectivity index (χ4v) is 17.9. The topological polar surface area (TPSA) is 62.7 Å². The summed E-state index contributed by atoms with van der Waals surface area (Å²) in [5.41, 5.74) is 12.9. The summed E-state index contributed by atoms with van der Waals surface area (Å²) in [5.74, 6) is 31.2. The van der Waals surface area contributed by atoms with E-state index in [4.69, 9.17) is 28.9 Å². The highest BCUT2D eigenvalue weighted by Gasteiger charge is 2.16. The second-order valence-corrected chi connectivity index (χ2v) is 38.0. The van der Waals surface area contributed by atoms with Crippen molar-refractivity contribution in [3.8, 4) is 104 Å². The molecule has 0 unspecified atom stereocenters. The van der Waals surface area contributed by atoms with E-state index >= 15 is 0 Å². The van der Waals surface area contributed by atoms with Gasteiger partial charge in [-0.1, -0.05) is 545 Å². The molecule has 6 heteroatoms. The van der Waals surface area contributed by atoms with Gasteiger partial charge in [-0.3, -0.25) is 9.97 Å². The zero-order valence-corrected chi connectivity index (χ0v) is 83.8. The molecule has 0 aliphatic rings. The van der Waals surface area contributed by atoms with Crippen LogP contribution in [-0.2, 0) is 0 Å². The summed E-state index contributed by atoms with van der Waals surface area (Å²) >= 11 is 0. The molecule has 6 nitrogen and oxygen atoms in total. The molecule has 0 spiro atoms. The van der Waals surface area contributed by atoms with E-state index in [0.717, 1.165) is 130 Å². The predicted octanol–water partition coefficient (Wildman–Crippen LogP) is 37.6. The van der Waals surface area contributed by atoms with Crippen LogP contribution >= 0.6 is 0 Å². The Labute approximate surface area is 807 Å². The first-order chi connectivity index (χ1) is 65.5. The van der Waals surface area contributed by atoms with Gasteiger partial charge in [0, 0.05) is 58.9 Å². The fraction of sp³-hybridized carbons (Fsp3) is 0.571.